The Kier molecular flexibility index (Phi) is 2.75. The molecule has 0 spiro atoms. The Morgan fingerprint density at radius 3 is 2.22 bits per heavy atom. The van der Waals surface area contributed by atoms with Gasteiger partial charge in [-0.15, -0.1) is 0 Å². The molecule has 3 rings (SSSR count). The zero-order chi connectivity index (χ0) is 13.1. The van der Waals surface area contributed by atoms with Gasteiger partial charge in [0, 0.05) is 0 Å². The van der Waals surface area contributed by atoms with Crippen LogP contribution in [0.4, 0.5) is 0 Å². The minimum absolute atomic E-state index is 0.170. The molecule has 3 heterocycles. The average molecular weight is 259 g/mol. The number of ether oxygens (including phenoxy) is 5. The highest BCUT2D eigenvalue weighted by Crippen LogP contribution is 2.39. The van der Waals surface area contributed by atoms with Gasteiger partial charge in [0.25, 0.3) is 0 Å². The van der Waals surface area contributed by atoms with Gasteiger partial charge in [-0.2, -0.15) is 0 Å². The number of hydrogen-bond donors (Lipinski definition) is 1. The normalized spacial score (nSPS) is 49.5. The van der Waals surface area contributed by atoms with Gasteiger partial charge in [0.1, 0.15) is 18.3 Å². The lowest BCUT2D eigenvalue weighted by Crippen LogP contribution is -2.47. The van der Waals surface area contributed by atoms with Gasteiger partial charge in [-0.25, -0.2) is 0 Å². The molecule has 0 aromatic carbocycles. The highest BCUT2D eigenvalue weighted by molar-refractivity contribution is 4.99. The Morgan fingerprint density at radius 2 is 1.67 bits per heavy atom. The van der Waals surface area contributed by atoms with Crippen molar-refractivity contribution >= 4 is 0 Å². The Hall–Kier alpha value is -0.240. The molecule has 6 nitrogen and oxygen atoms in total. The quantitative estimate of drug-likeness (QED) is 0.732. The van der Waals surface area contributed by atoms with Crippen molar-refractivity contribution in [2.24, 2.45) is 5.73 Å². The van der Waals surface area contributed by atoms with Crippen LogP contribution in [0.5, 0.6) is 0 Å². The first-order valence-electron chi connectivity index (χ1n) is 6.36. The van der Waals surface area contributed by atoms with Crippen molar-refractivity contribution in [3.8, 4) is 0 Å². The molecule has 18 heavy (non-hydrogen) atoms. The molecule has 0 saturated carbocycles. The van der Waals surface area contributed by atoms with Crippen molar-refractivity contribution in [1.82, 2.24) is 0 Å². The van der Waals surface area contributed by atoms with Crippen LogP contribution in [0.3, 0.4) is 0 Å². The highest BCUT2D eigenvalue weighted by atomic mass is 16.8. The summed E-state index contributed by atoms with van der Waals surface area (Å²) in [6.45, 7) is 7.95. The maximum atomic E-state index is 6.19. The summed E-state index contributed by atoms with van der Waals surface area (Å²) in [6.07, 6.45) is -1.07. The highest BCUT2D eigenvalue weighted by Gasteiger charge is 2.56. The number of hydrogen-bond acceptors (Lipinski definition) is 6. The van der Waals surface area contributed by atoms with Crippen molar-refractivity contribution in [3.63, 3.8) is 0 Å². The molecule has 3 fully saturated rings. The van der Waals surface area contributed by atoms with Crippen molar-refractivity contribution in [2.45, 2.75) is 69.9 Å². The number of fused-ring (bicyclic) bond motifs is 1. The van der Waals surface area contributed by atoms with Crippen LogP contribution in [-0.2, 0) is 23.7 Å². The Morgan fingerprint density at radius 1 is 0.944 bits per heavy atom. The maximum absolute atomic E-state index is 6.19. The summed E-state index contributed by atoms with van der Waals surface area (Å²) in [4.78, 5) is 0. The molecule has 0 unspecified atom stereocenters. The molecule has 0 aliphatic carbocycles. The molecule has 104 valence electrons. The van der Waals surface area contributed by atoms with E-state index in [0.29, 0.717) is 6.61 Å². The van der Waals surface area contributed by atoms with Gasteiger partial charge in [0.05, 0.1) is 12.6 Å². The van der Waals surface area contributed by atoms with Crippen LogP contribution in [-0.4, -0.2) is 48.8 Å². The summed E-state index contributed by atoms with van der Waals surface area (Å²) in [5, 5.41) is 0. The summed E-state index contributed by atoms with van der Waals surface area (Å²) in [7, 11) is 0. The fourth-order valence-corrected chi connectivity index (χ4v) is 2.77. The van der Waals surface area contributed by atoms with Crippen LogP contribution in [0.25, 0.3) is 0 Å². The smallest absolute Gasteiger partial charge is 0.189 e. The third kappa shape index (κ3) is 2.07. The zero-order valence-electron chi connectivity index (χ0n) is 11.2. The summed E-state index contributed by atoms with van der Waals surface area (Å²) in [5.41, 5.74) is 6.19. The van der Waals surface area contributed by atoms with Crippen molar-refractivity contribution in [2.75, 3.05) is 6.61 Å². The van der Waals surface area contributed by atoms with E-state index in [1.54, 1.807) is 0 Å². The van der Waals surface area contributed by atoms with Gasteiger partial charge < -0.3 is 29.4 Å². The molecule has 3 saturated heterocycles. The lowest BCUT2D eigenvalue weighted by Gasteiger charge is -2.26. The summed E-state index contributed by atoms with van der Waals surface area (Å²) >= 11 is 0. The van der Waals surface area contributed by atoms with Crippen LogP contribution in [0.2, 0.25) is 0 Å². The summed E-state index contributed by atoms with van der Waals surface area (Å²) in [5.74, 6) is -1.21. The monoisotopic (exact) mass is 259 g/mol. The second kappa shape index (κ2) is 3.88. The van der Waals surface area contributed by atoms with Crippen LogP contribution in [0.1, 0.15) is 27.7 Å². The van der Waals surface area contributed by atoms with Crippen molar-refractivity contribution < 1.29 is 23.7 Å². The molecular weight excluding hydrogens is 238 g/mol. The van der Waals surface area contributed by atoms with E-state index in [1.165, 1.54) is 0 Å². The SMILES string of the molecule is CC1(C)O[C@@H]2O[C@H]([C@H]3COC(C)(C)O3)[C@H](N)[C@H]2O1. The lowest BCUT2D eigenvalue weighted by molar-refractivity contribution is -0.222. The van der Waals surface area contributed by atoms with E-state index in [4.69, 9.17) is 29.4 Å². The largest absolute Gasteiger partial charge is 0.348 e. The molecule has 0 aromatic rings. The van der Waals surface area contributed by atoms with E-state index in [1.807, 2.05) is 27.7 Å². The molecule has 3 aliphatic rings. The van der Waals surface area contributed by atoms with Gasteiger partial charge in [0.15, 0.2) is 17.9 Å². The minimum Gasteiger partial charge on any atom is -0.348 e. The first-order chi connectivity index (χ1) is 8.27. The van der Waals surface area contributed by atoms with E-state index < -0.39 is 17.9 Å². The van der Waals surface area contributed by atoms with E-state index in [2.05, 4.69) is 0 Å². The molecular formula is C12H21NO5. The number of rotatable bonds is 1. The van der Waals surface area contributed by atoms with Gasteiger partial charge in [-0.05, 0) is 27.7 Å². The van der Waals surface area contributed by atoms with Gasteiger partial charge in [0.2, 0.25) is 0 Å². The molecule has 5 atom stereocenters. The molecule has 0 bridgehead atoms. The fourth-order valence-electron chi connectivity index (χ4n) is 2.77. The fraction of sp³-hybridized carbons (Fsp3) is 1.00. The molecule has 0 aromatic heterocycles. The number of nitrogens with two attached hydrogens (primary N) is 1. The van der Waals surface area contributed by atoms with E-state index >= 15 is 0 Å². The first kappa shape index (κ1) is 12.8. The molecule has 0 radical (unpaired) electrons. The van der Waals surface area contributed by atoms with Gasteiger partial charge >= 0.3 is 0 Å². The van der Waals surface area contributed by atoms with E-state index in [-0.39, 0.29) is 24.4 Å². The van der Waals surface area contributed by atoms with E-state index in [9.17, 15) is 0 Å². The third-order valence-corrected chi connectivity index (χ3v) is 3.53. The second-order valence-electron chi connectivity index (χ2n) is 6.01. The third-order valence-electron chi connectivity index (χ3n) is 3.53. The van der Waals surface area contributed by atoms with Crippen LogP contribution in [0, 0.1) is 0 Å². The Labute approximate surface area is 107 Å². The van der Waals surface area contributed by atoms with Crippen LogP contribution < -0.4 is 5.73 Å². The standard InChI is InChI=1S/C12H21NO5/c1-11(2)14-5-6(16-11)8-7(13)9-10(15-8)18-12(3,4)17-9/h6-10H,5,13H2,1-4H3/t6-,7+,8-,9-,10+/m1/s1. The van der Waals surface area contributed by atoms with Crippen molar-refractivity contribution in [1.29, 1.82) is 0 Å². The van der Waals surface area contributed by atoms with Crippen LogP contribution >= 0.6 is 0 Å². The zero-order valence-corrected chi connectivity index (χ0v) is 11.2. The Balaban J connectivity index is 1.68. The average Bonchev–Trinajstić information content (AvgIpc) is 2.81. The predicted molar refractivity (Wildman–Crippen MR) is 61.6 cm³/mol. The lowest BCUT2D eigenvalue weighted by atomic mass is 10.0. The van der Waals surface area contributed by atoms with Gasteiger partial charge in [-0.3, -0.25) is 0 Å². The van der Waals surface area contributed by atoms with Crippen LogP contribution in [0.15, 0.2) is 0 Å². The topological polar surface area (TPSA) is 72.2 Å². The summed E-state index contributed by atoms with van der Waals surface area (Å²) < 4.78 is 28.6. The van der Waals surface area contributed by atoms with E-state index in [0.717, 1.165) is 0 Å². The summed E-state index contributed by atoms with van der Waals surface area (Å²) in [6, 6.07) is -0.265. The molecule has 0 amide bonds. The Bertz CT molecular complexity index is 345. The molecule has 3 aliphatic heterocycles. The van der Waals surface area contributed by atoms with Crippen molar-refractivity contribution in [3.05, 3.63) is 0 Å². The second-order valence-corrected chi connectivity index (χ2v) is 6.01. The maximum Gasteiger partial charge on any atom is 0.189 e. The molecule has 2 N–H and O–H groups in total. The minimum atomic E-state index is -0.635. The predicted octanol–water partition coefficient (Wildman–Crippen LogP) is 0.342. The first-order valence-corrected chi connectivity index (χ1v) is 6.36. The van der Waals surface area contributed by atoms with Gasteiger partial charge in [-0.1, -0.05) is 0 Å². The molecule has 6 heteroatoms.